The summed E-state index contributed by atoms with van der Waals surface area (Å²) in [7, 11) is 0. The van der Waals surface area contributed by atoms with Gasteiger partial charge in [0, 0.05) is 0 Å². The molecule has 1 aromatic carbocycles. The lowest BCUT2D eigenvalue weighted by molar-refractivity contribution is 0.302. The number of hydrogen-bond acceptors (Lipinski definition) is 0. The Morgan fingerprint density at radius 3 is 2.54 bits per heavy atom. The molecule has 0 bridgehead atoms. The van der Waals surface area contributed by atoms with Crippen LogP contribution in [0.3, 0.4) is 0 Å². The number of rotatable bonds is 9. The Bertz CT molecular complexity index is 499. The van der Waals surface area contributed by atoms with E-state index in [1.807, 2.05) is 6.07 Å². The molecule has 0 saturated heterocycles. The van der Waals surface area contributed by atoms with E-state index in [1.54, 1.807) is 6.07 Å². The minimum atomic E-state index is -0.124. The van der Waals surface area contributed by atoms with Gasteiger partial charge in [-0.1, -0.05) is 57.2 Å². The topological polar surface area (TPSA) is 0 Å². The molecule has 1 fully saturated rings. The van der Waals surface area contributed by atoms with Crippen LogP contribution in [0.1, 0.15) is 88.2 Å². The highest BCUT2D eigenvalue weighted by atomic mass is 19.1. The molecule has 0 spiro atoms. The molecule has 0 amide bonds. The molecule has 2 heteroatoms. The SMILES string of the molecule is CCCCCCC1CCC(c2ccc(CC/C=C/F)c(F)c2)CC1. The molecule has 24 heavy (non-hydrogen) atoms. The van der Waals surface area contributed by atoms with Crippen LogP contribution in [-0.2, 0) is 6.42 Å². The number of benzene rings is 1. The van der Waals surface area contributed by atoms with Crippen molar-refractivity contribution in [1.82, 2.24) is 0 Å². The third-order valence-corrected chi connectivity index (χ3v) is 5.53. The molecule has 1 aliphatic carbocycles. The number of unbranched alkanes of at least 4 members (excludes halogenated alkanes) is 3. The van der Waals surface area contributed by atoms with Crippen LogP contribution in [0.4, 0.5) is 8.78 Å². The first-order valence-corrected chi connectivity index (χ1v) is 9.78. The lowest BCUT2D eigenvalue weighted by Crippen LogP contribution is -2.13. The Morgan fingerprint density at radius 2 is 1.88 bits per heavy atom. The van der Waals surface area contributed by atoms with Crippen LogP contribution in [0.5, 0.6) is 0 Å². The third-order valence-electron chi connectivity index (χ3n) is 5.53. The minimum Gasteiger partial charge on any atom is -0.216 e. The number of hydrogen-bond donors (Lipinski definition) is 0. The maximum atomic E-state index is 14.2. The van der Waals surface area contributed by atoms with Gasteiger partial charge in [-0.25, -0.2) is 8.78 Å². The van der Waals surface area contributed by atoms with Crippen molar-refractivity contribution in [2.45, 2.75) is 83.5 Å². The largest absolute Gasteiger partial charge is 0.216 e. The molecule has 0 radical (unpaired) electrons. The lowest BCUT2D eigenvalue weighted by atomic mass is 9.77. The molecule has 0 aromatic heterocycles. The van der Waals surface area contributed by atoms with Crippen molar-refractivity contribution in [1.29, 1.82) is 0 Å². The van der Waals surface area contributed by atoms with E-state index in [2.05, 4.69) is 13.0 Å². The standard InChI is InChI=1S/C22H32F2/c1-2-3-4-5-8-18-10-12-19(13-11-18)21-15-14-20(22(24)17-21)9-6-7-16-23/h7,14-19H,2-6,8-13H2,1H3/b16-7+. The Kier molecular flexibility index (Phi) is 8.49. The van der Waals surface area contributed by atoms with E-state index in [-0.39, 0.29) is 5.82 Å². The first-order valence-electron chi connectivity index (χ1n) is 9.78. The van der Waals surface area contributed by atoms with Crippen molar-refractivity contribution in [2.75, 3.05) is 0 Å². The highest BCUT2D eigenvalue weighted by molar-refractivity contribution is 5.27. The molecule has 0 N–H and O–H groups in total. The van der Waals surface area contributed by atoms with E-state index < -0.39 is 0 Å². The fourth-order valence-corrected chi connectivity index (χ4v) is 3.97. The van der Waals surface area contributed by atoms with Gasteiger partial charge in [0.1, 0.15) is 5.82 Å². The normalized spacial score (nSPS) is 21.5. The molecule has 0 unspecified atom stereocenters. The van der Waals surface area contributed by atoms with Crippen molar-refractivity contribution < 1.29 is 8.78 Å². The fourth-order valence-electron chi connectivity index (χ4n) is 3.97. The average Bonchev–Trinajstić information content (AvgIpc) is 2.61. The molecule has 0 nitrogen and oxygen atoms in total. The predicted octanol–water partition coefficient (Wildman–Crippen LogP) is 7.49. The van der Waals surface area contributed by atoms with E-state index >= 15 is 0 Å². The monoisotopic (exact) mass is 334 g/mol. The maximum absolute atomic E-state index is 14.2. The van der Waals surface area contributed by atoms with E-state index in [0.717, 1.165) is 11.5 Å². The van der Waals surface area contributed by atoms with Crippen LogP contribution in [0.25, 0.3) is 0 Å². The van der Waals surface area contributed by atoms with Crippen LogP contribution >= 0.6 is 0 Å². The number of allylic oxidation sites excluding steroid dienone is 1. The molecule has 1 aromatic rings. The summed E-state index contributed by atoms with van der Waals surface area (Å²) in [6.45, 7) is 2.26. The molecule has 2 rings (SSSR count). The van der Waals surface area contributed by atoms with Gasteiger partial charge in [0.2, 0.25) is 0 Å². The third kappa shape index (κ3) is 6.03. The van der Waals surface area contributed by atoms with Crippen molar-refractivity contribution in [3.63, 3.8) is 0 Å². The fraction of sp³-hybridized carbons (Fsp3) is 0.636. The zero-order valence-corrected chi connectivity index (χ0v) is 15.1. The maximum Gasteiger partial charge on any atom is 0.126 e. The lowest BCUT2D eigenvalue weighted by Gasteiger charge is -2.29. The van der Waals surface area contributed by atoms with Crippen LogP contribution in [0.2, 0.25) is 0 Å². The summed E-state index contributed by atoms with van der Waals surface area (Å²) in [6, 6.07) is 5.71. The quantitative estimate of drug-likeness (QED) is 0.410. The van der Waals surface area contributed by atoms with Crippen molar-refractivity contribution >= 4 is 0 Å². The van der Waals surface area contributed by atoms with E-state index in [1.165, 1.54) is 63.9 Å². The predicted molar refractivity (Wildman–Crippen MR) is 98.4 cm³/mol. The highest BCUT2D eigenvalue weighted by Crippen LogP contribution is 2.38. The van der Waals surface area contributed by atoms with Gasteiger partial charge in [0.25, 0.3) is 0 Å². The van der Waals surface area contributed by atoms with Gasteiger partial charge < -0.3 is 0 Å². The van der Waals surface area contributed by atoms with E-state index in [9.17, 15) is 8.78 Å². The molecular weight excluding hydrogens is 302 g/mol. The molecule has 0 aliphatic heterocycles. The zero-order chi connectivity index (χ0) is 17.2. The minimum absolute atomic E-state index is 0.124. The zero-order valence-electron chi connectivity index (χ0n) is 15.1. The first kappa shape index (κ1) is 19.1. The van der Waals surface area contributed by atoms with Gasteiger partial charge in [0.05, 0.1) is 6.33 Å². The summed E-state index contributed by atoms with van der Waals surface area (Å²) < 4.78 is 26.2. The first-order chi connectivity index (χ1) is 11.7. The summed E-state index contributed by atoms with van der Waals surface area (Å²) in [6.07, 6.45) is 14.9. The van der Waals surface area contributed by atoms with Crippen LogP contribution in [-0.4, -0.2) is 0 Å². The van der Waals surface area contributed by atoms with Gasteiger partial charge in [-0.15, -0.1) is 0 Å². The number of aryl methyl sites for hydroxylation is 1. The Labute approximate surface area is 146 Å². The summed E-state index contributed by atoms with van der Waals surface area (Å²) in [5, 5.41) is 0. The summed E-state index contributed by atoms with van der Waals surface area (Å²) in [4.78, 5) is 0. The smallest absolute Gasteiger partial charge is 0.126 e. The Balaban J connectivity index is 1.80. The van der Waals surface area contributed by atoms with Crippen molar-refractivity contribution in [2.24, 2.45) is 5.92 Å². The van der Waals surface area contributed by atoms with Gasteiger partial charge in [-0.05, 0) is 67.6 Å². The molecule has 0 atom stereocenters. The van der Waals surface area contributed by atoms with Gasteiger partial charge >= 0.3 is 0 Å². The van der Waals surface area contributed by atoms with Gasteiger partial charge in [-0.3, -0.25) is 0 Å². The second kappa shape index (κ2) is 10.6. The molecule has 1 aliphatic rings. The summed E-state index contributed by atoms with van der Waals surface area (Å²) in [5.74, 6) is 1.28. The second-order valence-corrected chi connectivity index (χ2v) is 7.32. The van der Waals surface area contributed by atoms with E-state index in [0.29, 0.717) is 30.7 Å². The van der Waals surface area contributed by atoms with Gasteiger partial charge in [-0.2, -0.15) is 0 Å². The summed E-state index contributed by atoms with van der Waals surface area (Å²) >= 11 is 0. The Hall–Kier alpha value is -1.18. The van der Waals surface area contributed by atoms with Crippen LogP contribution in [0, 0.1) is 11.7 Å². The molecule has 0 heterocycles. The van der Waals surface area contributed by atoms with Gasteiger partial charge in [0.15, 0.2) is 0 Å². The molecular formula is C22H32F2. The van der Waals surface area contributed by atoms with E-state index in [4.69, 9.17) is 0 Å². The second-order valence-electron chi connectivity index (χ2n) is 7.32. The highest BCUT2D eigenvalue weighted by Gasteiger charge is 2.22. The number of halogens is 2. The average molecular weight is 334 g/mol. The molecule has 134 valence electrons. The van der Waals surface area contributed by atoms with Crippen molar-refractivity contribution in [3.05, 3.63) is 47.5 Å². The molecule has 1 saturated carbocycles. The summed E-state index contributed by atoms with van der Waals surface area (Å²) in [5.41, 5.74) is 1.85. The van der Waals surface area contributed by atoms with Crippen LogP contribution < -0.4 is 0 Å². The van der Waals surface area contributed by atoms with Crippen molar-refractivity contribution in [3.8, 4) is 0 Å². The Morgan fingerprint density at radius 1 is 1.08 bits per heavy atom. The van der Waals surface area contributed by atoms with Crippen LogP contribution in [0.15, 0.2) is 30.6 Å².